The number of amides is 2. The maximum absolute atomic E-state index is 12.5. The molecule has 0 aliphatic carbocycles. The van der Waals surface area contributed by atoms with Gasteiger partial charge in [-0.2, -0.15) is 0 Å². The number of ether oxygens (including phenoxy) is 2. The lowest BCUT2D eigenvalue weighted by Crippen LogP contribution is -2.28. The van der Waals surface area contributed by atoms with Crippen molar-refractivity contribution in [3.63, 3.8) is 0 Å². The fourth-order valence-electron chi connectivity index (χ4n) is 3.79. The molecule has 1 N–H and O–H groups in total. The van der Waals surface area contributed by atoms with Crippen LogP contribution in [0.3, 0.4) is 0 Å². The van der Waals surface area contributed by atoms with E-state index in [1.807, 2.05) is 62.4 Å². The molecule has 0 saturated carbocycles. The molecule has 3 aromatic carbocycles. The van der Waals surface area contributed by atoms with Crippen molar-refractivity contribution >= 4 is 29.2 Å². The van der Waals surface area contributed by atoms with Crippen molar-refractivity contribution in [3.05, 3.63) is 83.9 Å². The van der Waals surface area contributed by atoms with Crippen molar-refractivity contribution in [1.82, 2.24) is 0 Å². The highest BCUT2D eigenvalue weighted by Crippen LogP contribution is 2.29. The number of para-hydroxylation sites is 1. The SMILES string of the molecule is Cc1ccc(C)c(N2C[C@@H](C(=O)OCC(=O)Nc3ccc(Oc4ccccc4)cc3)CC2=O)c1. The quantitative estimate of drug-likeness (QED) is 0.522. The van der Waals surface area contributed by atoms with Gasteiger partial charge in [-0.05, 0) is 67.4 Å². The van der Waals surface area contributed by atoms with E-state index in [1.165, 1.54) is 0 Å². The fourth-order valence-corrected chi connectivity index (χ4v) is 3.79. The number of hydrogen-bond donors (Lipinski definition) is 1. The molecule has 1 aliphatic rings. The zero-order chi connectivity index (χ0) is 24.1. The van der Waals surface area contributed by atoms with Gasteiger partial charge < -0.3 is 19.7 Å². The second-order valence-electron chi connectivity index (χ2n) is 8.29. The van der Waals surface area contributed by atoms with Gasteiger partial charge in [-0.3, -0.25) is 14.4 Å². The Morgan fingerprint density at radius 3 is 2.41 bits per heavy atom. The van der Waals surface area contributed by atoms with Crippen molar-refractivity contribution in [3.8, 4) is 11.5 Å². The van der Waals surface area contributed by atoms with E-state index >= 15 is 0 Å². The van der Waals surface area contributed by atoms with Gasteiger partial charge in [-0.15, -0.1) is 0 Å². The van der Waals surface area contributed by atoms with Gasteiger partial charge >= 0.3 is 5.97 Å². The number of esters is 1. The van der Waals surface area contributed by atoms with E-state index in [2.05, 4.69) is 5.32 Å². The lowest BCUT2D eigenvalue weighted by atomic mass is 10.1. The summed E-state index contributed by atoms with van der Waals surface area (Å²) in [6.45, 7) is 3.71. The maximum atomic E-state index is 12.5. The summed E-state index contributed by atoms with van der Waals surface area (Å²) in [5, 5.41) is 2.69. The summed E-state index contributed by atoms with van der Waals surface area (Å²) in [4.78, 5) is 38.9. The Kier molecular flexibility index (Phi) is 6.92. The molecular weight excluding hydrogens is 432 g/mol. The summed E-state index contributed by atoms with van der Waals surface area (Å²) in [6.07, 6.45) is 0.0662. The molecule has 2 amide bonds. The van der Waals surface area contributed by atoms with Crippen LogP contribution in [0.4, 0.5) is 11.4 Å². The molecule has 0 aromatic heterocycles. The van der Waals surface area contributed by atoms with E-state index in [9.17, 15) is 14.4 Å². The normalized spacial score (nSPS) is 15.2. The lowest BCUT2D eigenvalue weighted by molar-refractivity contribution is -0.151. The molecular formula is C27H26N2O5. The second kappa shape index (κ2) is 10.2. The van der Waals surface area contributed by atoms with Crippen molar-refractivity contribution < 1.29 is 23.9 Å². The van der Waals surface area contributed by atoms with Crippen molar-refractivity contribution in [2.75, 3.05) is 23.4 Å². The van der Waals surface area contributed by atoms with Crippen LogP contribution in [0.1, 0.15) is 17.5 Å². The number of hydrogen-bond acceptors (Lipinski definition) is 5. The average Bonchev–Trinajstić information content (AvgIpc) is 3.22. The highest BCUT2D eigenvalue weighted by atomic mass is 16.5. The molecule has 1 aliphatic heterocycles. The van der Waals surface area contributed by atoms with Crippen LogP contribution in [-0.2, 0) is 19.1 Å². The van der Waals surface area contributed by atoms with Gasteiger partial charge in [-0.25, -0.2) is 0 Å². The number of nitrogens with zero attached hydrogens (tertiary/aromatic N) is 1. The number of benzene rings is 3. The Morgan fingerprint density at radius 2 is 1.68 bits per heavy atom. The van der Waals surface area contributed by atoms with Crippen LogP contribution < -0.4 is 15.0 Å². The molecule has 3 aromatic rings. The van der Waals surface area contributed by atoms with Crippen LogP contribution in [0.2, 0.25) is 0 Å². The summed E-state index contributed by atoms with van der Waals surface area (Å²) in [5.74, 6) is -0.390. The minimum Gasteiger partial charge on any atom is -0.457 e. The van der Waals surface area contributed by atoms with E-state index in [-0.39, 0.29) is 18.9 Å². The third-order valence-corrected chi connectivity index (χ3v) is 5.58. The molecule has 7 heteroatoms. The Balaban J connectivity index is 1.26. The largest absolute Gasteiger partial charge is 0.457 e. The van der Waals surface area contributed by atoms with Gasteiger partial charge in [0.2, 0.25) is 5.91 Å². The Labute approximate surface area is 198 Å². The molecule has 0 spiro atoms. The first-order chi connectivity index (χ1) is 16.4. The number of carbonyl (C=O) groups excluding carboxylic acids is 3. The fraction of sp³-hybridized carbons (Fsp3) is 0.222. The number of nitrogens with one attached hydrogen (secondary N) is 1. The first-order valence-corrected chi connectivity index (χ1v) is 11.1. The van der Waals surface area contributed by atoms with Gasteiger partial charge in [0.05, 0.1) is 5.92 Å². The van der Waals surface area contributed by atoms with E-state index < -0.39 is 24.4 Å². The Bertz CT molecular complexity index is 1190. The van der Waals surface area contributed by atoms with Crippen molar-refractivity contribution in [2.45, 2.75) is 20.3 Å². The van der Waals surface area contributed by atoms with Gasteiger partial charge in [-0.1, -0.05) is 30.3 Å². The zero-order valence-corrected chi connectivity index (χ0v) is 19.1. The van der Waals surface area contributed by atoms with Crippen LogP contribution in [0.25, 0.3) is 0 Å². The highest BCUT2D eigenvalue weighted by Gasteiger charge is 2.36. The van der Waals surface area contributed by atoms with Gasteiger partial charge in [0.15, 0.2) is 6.61 Å². The van der Waals surface area contributed by atoms with E-state index in [1.54, 1.807) is 29.2 Å². The molecule has 4 rings (SSSR count). The topological polar surface area (TPSA) is 84.9 Å². The Morgan fingerprint density at radius 1 is 0.971 bits per heavy atom. The molecule has 0 unspecified atom stereocenters. The first-order valence-electron chi connectivity index (χ1n) is 11.1. The smallest absolute Gasteiger partial charge is 0.311 e. The number of carbonyl (C=O) groups is 3. The Hall–Kier alpha value is -4.13. The number of anilines is 2. The molecule has 1 atom stereocenters. The molecule has 174 valence electrons. The third kappa shape index (κ3) is 5.61. The molecule has 1 fully saturated rings. The van der Waals surface area contributed by atoms with Crippen molar-refractivity contribution in [1.29, 1.82) is 0 Å². The summed E-state index contributed by atoms with van der Waals surface area (Å²) in [7, 11) is 0. The van der Waals surface area contributed by atoms with Crippen molar-refractivity contribution in [2.24, 2.45) is 5.92 Å². The van der Waals surface area contributed by atoms with E-state index in [4.69, 9.17) is 9.47 Å². The van der Waals surface area contributed by atoms with Crippen LogP contribution in [-0.4, -0.2) is 30.9 Å². The third-order valence-electron chi connectivity index (χ3n) is 5.58. The van der Waals surface area contributed by atoms with Gasteiger partial charge in [0.25, 0.3) is 5.91 Å². The summed E-state index contributed by atoms with van der Waals surface area (Å²) in [5.41, 5.74) is 3.36. The number of aryl methyl sites for hydroxylation is 2. The predicted molar refractivity (Wildman–Crippen MR) is 129 cm³/mol. The first kappa shape index (κ1) is 23.0. The van der Waals surface area contributed by atoms with Crippen LogP contribution in [0, 0.1) is 19.8 Å². The molecule has 1 saturated heterocycles. The highest BCUT2D eigenvalue weighted by molar-refractivity contribution is 6.00. The maximum Gasteiger partial charge on any atom is 0.311 e. The average molecular weight is 459 g/mol. The second-order valence-corrected chi connectivity index (χ2v) is 8.29. The standard InChI is InChI=1S/C27H26N2O5/c1-18-8-9-19(2)24(14-18)29-16-20(15-26(29)31)27(32)33-17-25(30)28-21-10-12-23(13-11-21)34-22-6-4-3-5-7-22/h3-14,20H,15-17H2,1-2H3,(H,28,30)/t20-/m0/s1. The summed E-state index contributed by atoms with van der Waals surface area (Å²) in [6, 6.07) is 22.1. The summed E-state index contributed by atoms with van der Waals surface area (Å²) < 4.78 is 10.9. The molecule has 0 bridgehead atoms. The van der Waals surface area contributed by atoms with Gasteiger partial charge in [0.1, 0.15) is 11.5 Å². The van der Waals surface area contributed by atoms with Gasteiger partial charge in [0, 0.05) is 24.3 Å². The van der Waals surface area contributed by atoms with Crippen LogP contribution >= 0.6 is 0 Å². The van der Waals surface area contributed by atoms with E-state index in [0.29, 0.717) is 17.2 Å². The zero-order valence-electron chi connectivity index (χ0n) is 19.1. The molecule has 7 nitrogen and oxygen atoms in total. The van der Waals surface area contributed by atoms with Crippen LogP contribution in [0.15, 0.2) is 72.8 Å². The minimum atomic E-state index is -0.602. The van der Waals surface area contributed by atoms with E-state index in [0.717, 1.165) is 16.8 Å². The van der Waals surface area contributed by atoms with Crippen LogP contribution in [0.5, 0.6) is 11.5 Å². The minimum absolute atomic E-state index is 0.0662. The molecule has 1 heterocycles. The summed E-state index contributed by atoms with van der Waals surface area (Å²) >= 11 is 0. The number of rotatable bonds is 7. The monoisotopic (exact) mass is 458 g/mol. The lowest BCUT2D eigenvalue weighted by Gasteiger charge is -2.19. The molecule has 34 heavy (non-hydrogen) atoms. The predicted octanol–water partition coefficient (Wildman–Crippen LogP) is 4.63. The molecule has 0 radical (unpaired) electrons.